The molecule has 0 aliphatic carbocycles. The number of hydrogen-bond acceptors (Lipinski definition) is 3. The number of carboxylic acid groups (broad SMARTS) is 1. The first-order valence-electron chi connectivity index (χ1n) is 8.14. The number of benzene rings is 3. The standard InChI is InChI=1S/C21H20N2O2/c22-18-9-5-16(6-10-18)17-7-11-19(12-8-17)23-20-3-1-2-15(14-20)4-13-21(24)25/h1-3,5-12,14,23H,4,13,22H2,(H,24,25). The van der Waals surface area contributed by atoms with E-state index in [4.69, 9.17) is 10.8 Å². The van der Waals surface area contributed by atoms with E-state index in [0.29, 0.717) is 6.42 Å². The number of carbonyl (C=O) groups is 1. The van der Waals surface area contributed by atoms with Crippen LogP contribution in [0.1, 0.15) is 12.0 Å². The Kier molecular flexibility index (Phi) is 5.00. The van der Waals surface area contributed by atoms with E-state index in [1.165, 1.54) is 0 Å². The van der Waals surface area contributed by atoms with Gasteiger partial charge in [0.1, 0.15) is 0 Å². The second kappa shape index (κ2) is 7.53. The molecule has 0 aliphatic heterocycles. The number of carboxylic acids is 1. The lowest BCUT2D eigenvalue weighted by molar-refractivity contribution is -0.136. The van der Waals surface area contributed by atoms with Crippen molar-refractivity contribution in [3.63, 3.8) is 0 Å². The van der Waals surface area contributed by atoms with Crippen LogP contribution in [0.3, 0.4) is 0 Å². The zero-order chi connectivity index (χ0) is 17.6. The van der Waals surface area contributed by atoms with Gasteiger partial charge in [0.2, 0.25) is 0 Å². The summed E-state index contributed by atoms with van der Waals surface area (Å²) in [6.45, 7) is 0. The number of aryl methyl sites for hydroxylation is 1. The third-order valence-electron chi connectivity index (χ3n) is 3.97. The fraction of sp³-hybridized carbons (Fsp3) is 0.0952. The molecular formula is C21H20N2O2. The first kappa shape index (κ1) is 16.6. The summed E-state index contributed by atoms with van der Waals surface area (Å²) in [4.78, 5) is 10.7. The fourth-order valence-corrected chi connectivity index (χ4v) is 2.64. The second-order valence-electron chi connectivity index (χ2n) is 5.92. The first-order chi connectivity index (χ1) is 12.1. The van der Waals surface area contributed by atoms with E-state index in [1.54, 1.807) is 0 Å². The number of nitrogens with two attached hydrogens (primary N) is 1. The van der Waals surface area contributed by atoms with Crippen molar-refractivity contribution in [2.75, 3.05) is 11.1 Å². The number of nitrogens with one attached hydrogen (secondary N) is 1. The van der Waals surface area contributed by atoms with Crippen molar-refractivity contribution in [3.05, 3.63) is 78.4 Å². The van der Waals surface area contributed by atoms with Gasteiger partial charge in [0.15, 0.2) is 0 Å². The minimum atomic E-state index is -0.781. The Bertz CT molecular complexity index is 856. The summed E-state index contributed by atoms with van der Waals surface area (Å²) in [5, 5.41) is 12.1. The van der Waals surface area contributed by atoms with Gasteiger partial charge in [-0.1, -0.05) is 36.4 Å². The predicted molar refractivity (Wildman–Crippen MR) is 102 cm³/mol. The van der Waals surface area contributed by atoms with E-state index in [2.05, 4.69) is 17.4 Å². The highest BCUT2D eigenvalue weighted by atomic mass is 16.4. The Hall–Kier alpha value is -3.27. The Balaban J connectivity index is 1.70. The molecule has 0 unspecified atom stereocenters. The number of hydrogen-bond donors (Lipinski definition) is 3. The van der Waals surface area contributed by atoms with E-state index >= 15 is 0 Å². The molecule has 0 amide bonds. The van der Waals surface area contributed by atoms with Crippen LogP contribution in [0.2, 0.25) is 0 Å². The smallest absolute Gasteiger partial charge is 0.303 e. The summed E-state index contributed by atoms with van der Waals surface area (Å²) in [6.07, 6.45) is 0.667. The van der Waals surface area contributed by atoms with E-state index in [9.17, 15) is 4.79 Å². The van der Waals surface area contributed by atoms with Crippen molar-refractivity contribution in [2.45, 2.75) is 12.8 Å². The van der Waals surface area contributed by atoms with Crippen molar-refractivity contribution < 1.29 is 9.90 Å². The largest absolute Gasteiger partial charge is 0.481 e. The summed E-state index contributed by atoms with van der Waals surface area (Å²) in [7, 11) is 0. The molecule has 0 fully saturated rings. The second-order valence-corrected chi connectivity index (χ2v) is 5.92. The highest BCUT2D eigenvalue weighted by Gasteiger charge is 2.02. The van der Waals surface area contributed by atoms with Gasteiger partial charge in [-0.15, -0.1) is 0 Å². The highest BCUT2D eigenvalue weighted by molar-refractivity contribution is 5.70. The van der Waals surface area contributed by atoms with Crippen LogP contribution >= 0.6 is 0 Å². The monoisotopic (exact) mass is 332 g/mol. The maximum atomic E-state index is 10.7. The molecule has 0 saturated heterocycles. The van der Waals surface area contributed by atoms with Crippen molar-refractivity contribution in [3.8, 4) is 11.1 Å². The molecule has 4 nitrogen and oxygen atoms in total. The van der Waals surface area contributed by atoms with Crippen LogP contribution in [0.15, 0.2) is 72.8 Å². The van der Waals surface area contributed by atoms with Crippen molar-refractivity contribution in [2.24, 2.45) is 0 Å². The van der Waals surface area contributed by atoms with Crippen LogP contribution < -0.4 is 11.1 Å². The zero-order valence-electron chi connectivity index (χ0n) is 13.8. The summed E-state index contributed by atoms with van der Waals surface area (Å²) < 4.78 is 0. The average molecular weight is 332 g/mol. The molecule has 126 valence electrons. The van der Waals surface area contributed by atoms with Crippen LogP contribution in [-0.2, 0) is 11.2 Å². The molecule has 0 spiro atoms. The first-order valence-corrected chi connectivity index (χ1v) is 8.14. The molecular weight excluding hydrogens is 312 g/mol. The van der Waals surface area contributed by atoms with Crippen LogP contribution in [0, 0.1) is 0 Å². The van der Waals surface area contributed by atoms with E-state index in [0.717, 1.165) is 33.8 Å². The molecule has 0 atom stereocenters. The van der Waals surface area contributed by atoms with Crippen molar-refractivity contribution in [1.82, 2.24) is 0 Å². The molecule has 0 aliphatic rings. The number of nitrogen functional groups attached to an aromatic ring is 1. The van der Waals surface area contributed by atoms with Crippen molar-refractivity contribution >= 4 is 23.0 Å². The molecule has 3 rings (SSSR count). The van der Waals surface area contributed by atoms with E-state index < -0.39 is 5.97 Å². The topological polar surface area (TPSA) is 75.3 Å². The van der Waals surface area contributed by atoms with Crippen molar-refractivity contribution in [1.29, 1.82) is 0 Å². The molecule has 4 N–H and O–H groups in total. The van der Waals surface area contributed by atoms with Gasteiger partial charge in [-0.05, 0) is 59.5 Å². The number of rotatable bonds is 6. The van der Waals surface area contributed by atoms with E-state index in [1.807, 2.05) is 60.7 Å². The Morgan fingerprint density at radius 3 is 2.16 bits per heavy atom. The molecule has 0 bridgehead atoms. The van der Waals surface area contributed by atoms with Crippen LogP contribution in [-0.4, -0.2) is 11.1 Å². The fourth-order valence-electron chi connectivity index (χ4n) is 2.64. The van der Waals surface area contributed by atoms with Gasteiger partial charge in [-0.25, -0.2) is 0 Å². The highest BCUT2D eigenvalue weighted by Crippen LogP contribution is 2.24. The maximum Gasteiger partial charge on any atom is 0.303 e. The average Bonchev–Trinajstić information content (AvgIpc) is 2.62. The molecule has 0 radical (unpaired) electrons. The third kappa shape index (κ3) is 4.61. The zero-order valence-corrected chi connectivity index (χ0v) is 13.8. The molecule has 3 aromatic rings. The lowest BCUT2D eigenvalue weighted by atomic mass is 10.0. The van der Waals surface area contributed by atoms with Crippen LogP contribution in [0.5, 0.6) is 0 Å². The van der Waals surface area contributed by atoms with Gasteiger partial charge in [-0.3, -0.25) is 4.79 Å². The summed E-state index contributed by atoms with van der Waals surface area (Å²) >= 11 is 0. The molecule has 0 aromatic heterocycles. The van der Waals surface area contributed by atoms with Crippen LogP contribution in [0.4, 0.5) is 17.1 Å². The molecule has 0 saturated carbocycles. The van der Waals surface area contributed by atoms with E-state index in [-0.39, 0.29) is 6.42 Å². The maximum absolute atomic E-state index is 10.7. The molecule has 25 heavy (non-hydrogen) atoms. The lowest BCUT2D eigenvalue weighted by Crippen LogP contribution is -1.98. The summed E-state index contributed by atoms with van der Waals surface area (Å²) in [5.74, 6) is -0.781. The minimum Gasteiger partial charge on any atom is -0.481 e. The van der Waals surface area contributed by atoms with Gasteiger partial charge >= 0.3 is 5.97 Å². The Morgan fingerprint density at radius 1 is 0.880 bits per heavy atom. The van der Waals surface area contributed by atoms with Gasteiger partial charge < -0.3 is 16.2 Å². The minimum absolute atomic E-state index is 0.139. The van der Waals surface area contributed by atoms with Gasteiger partial charge in [0.05, 0.1) is 0 Å². The Morgan fingerprint density at radius 2 is 1.52 bits per heavy atom. The molecule has 3 aromatic carbocycles. The van der Waals surface area contributed by atoms with Crippen LogP contribution in [0.25, 0.3) is 11.1 Å². The predicted octanol–water partition coefficient (Wildman–Crippen LogP) is 4.70. The number of aliphatic carboxylic acids is 1. The number of anilines is 3. The van der Waals surface area contributed by atoms with Gasteiger partial charge in [-0.2, -0.15) is 0 Å². The quantitative estimate of drug-likeness (QED) is 0.572. The summed E-state index contributed by atoms with van der Waals surface area (Å²) in [5.41, 5.74) is 11.7. The Labute approximate surface area is 146 Å². The van der Waals surface area contributed by atoms with Gasteiger partial charge in [0.25, 0.3) is 0 Å². The third-order valence-corrected chi connectivity index (χ3v) is 3.97. The molecule has 4 heteroatoms. The molecule has 0 heterocycles. The summed E-state index contributed by atoms with van der Waals surface area (Å²) in [6, 6.07) is 23.8. The SMILES string of the molecule is Nc1ccc(-c2ccc(Nc3cccc(CCC(=O)O)c3)cc2)cc1. The lowest BCUT2D eigenvalue weighted by Gasteiger charge is -2.09. The van der Waals surface area contributed by atoms with Gasteiger partial charge in [0, 0.05) is 23.5 Å². The normalized spacial score (nSPS) is 10.4.